The summed E-state index contributed by atoms with van der Waals surface area (Å²) in [5.74, 6) is 0.0603. The number of ether oxygens (including phenoxy) is 1. The number of rotatable bonds is 3. The average molecular weight is 420 g/mol. The highest BCUT2D eigenvalue weighted by molar-refractivity contribution is 5.71. The van der Waals surface area contributed by atoms with Gasteiger partial charge in [0, 0.05) is 18.2 Å². The van der Waals surface area contributed by atoms with Gasteiger partial charge in [-0.3, -0.25) is 4.98 Å². The summed E-state index contributed by atoms with van der Waals surface area (Å²) in [7, 11) is 0. The van der Waals surface area contributed by atoms with Crippen molar-refractivity contribution < 1.29 is 22.7 Å². The molecule has 1 aliphatic carbocycles. The minimum atomic E-state index is -4.49. The number of fused-ring (bicyclic) bond motifs is 1. The standard InChI is InChI=1S/C23H27F3N2O2/c1-14(28-21(29)30-22(2,3)4)16-7-5-10-19-17(8-6-9-18(16)19)15-11-12-27-20(13-15)23(24,25)26/h6,8-9,11-14,16H,5,7,10H2,1-4H3,(H,28,29). The molecule has 0 spiro atoms. The molecule has 162 valence electrons. The van der Waals surface area contributed by atoms with Gasteiger partial charge in [0.15, 0.2) is 0 Å². The second kappa shape index (κ2) is 8.28. The molecule has 0 fully saturated rings. The van der Waals surface area contributed by atoms with Gasteiger partial charge in [-0.05, 0) is 81.3 Å². The SMILES string of the molecule is CC(NC(=O)OC(C)(C)C)C1CCCc2c(-c3ccnc(C(F)(F)F)c3)cccc21. The van der Waals surface area contributed by atoms with E-state index in [-0.39, 0.29) is 12.0 Å². The zero-order chi connectivity index (χ0) is 22.1. The molecule has 0 bridgehead atoms. The molecule has 0 aliphatic heterocycles. The number of amides is 1. The molecule has 0 saturated heterocycles. The molecule has 2 unspecified atom stereocenters. The van der Waals surface area contributed by atoms with Gasteiger partial charge in [-0.25, -0.2) is 4.79 Å². The highest BCUT2D eigenvalue weighted by Crippen LogP contribution is 2.40. The smallest absolute Gasteiger partial charge is 0.433 e. The molecule has 0 saturated carbocycles. The van der Waals surface area contributed by atoms with Crippen molar-refractivity contribution in [3.05, 3.63) is 53.3 Å². The van der Waals surface area contributed by atoms with Gasteiger partial charge < -0.3 is 10.1 Å². The van der Waals surface area contributed by atoms with Crippen molar-refractivity contribution >= 4 is 6.09 Å². The number of carbonyl (C=O) groups is 1. The van der Waals surface area contributed by atoms with Gasteiger partial charge in [0.05, 0.1) is 0 Å². The molecule has 1 aromatic heterocycles. The summed E-state index contributed by atoms with van der Waals surface area (Å²) >= 11 is 0. The first-order valence-electron chi connectivity index (χ1n) is 10.1. The lowest BCUT2D eigenvalue weighted by molar-refractivity contribution is -0.141. The van der Waals surface area contributed by atoms with Gasteiger partial charge in [0.1, 0.15) is 11.3 Å². The predicted molar refractivity (Wildman–Crippen MR) is 109 cm³/mol. The zero-order valence-corrected chi connectivity index (χ0v) is 17.6. The van der Waals surface area contributed by atoms with E-state index in [4.69, 9.17) is 4.74 Å². The van der Waals surface area contributed by atoms with Crippen LogP contribution in [-0.4, -0.2) is 22.7 Å². The van der Waals surface area contributed by atoms with Crippen molar-refractivity contribution in [1.82, 2.24) is 10.3 Å². The predicted octanol–water partition coefficient (Wildman–Crippen LogP) is 6.10. The van der Waals surface area contributed by atoms with Gasteiger partial charge in [-0.2, -0.15) is 13.2 Å². The second-order valence-electron chi connectivity index (χ2n) is 8.73. The summed E-state index contributed by atoms with van der Waals surface area (Å²) in [5.41, 5.74) is 1.90. The van der Waals surface area contributed by atoms with E-state index in [9.17, 15) is 18.0 Å². The lowest BCUT2D eigenvalue weighted by atomic mass is 9.76. The number of alkyl halides is 3. The number of alkyl carbamates (subject to hydrolysis) is 1. The minimum Gasteiger partial charge on any atom is -0.444 e. The van der Waals surface area contributed by atoms with E-state index in [0.717, 1.165) is 42.0 Å². The van der Waals surface area contributed by atoms with E-state index in [1.807, 2.05) is 45.9 Å². The normalized spacial score (nSPS) is 17.8. The topological polar surface area (TPSA) is 51.2 Å². The number of aromatic nitrogens is 1. The maximum atomic E-state index is 13.1. The Bertz CT molecular complexity index is 919. The zero-order valence-electron chi connectivity index (χ0n) is 17.6. The molecule has 30 heavy (non-hydrogen) atoms. The maximum Gasteiger partial charge on any atom is 0.433 e. The Morgan fingerprint density at radius 3 is 2.63 bits per heavy atom. The highest BCUT2D eigenvalue weighted by atomic mass is 19.4. The Kier molecular flexibility index (Phi) is 6.11. The van der Waals surface area contributed by atoms with E-state index in [1.165, 1.54) is 6.20 Å². The number of nitrogens with one attached hydrogen (secondary N) is 1. The number of hydrogen-bond donors (Lipinski definition) is 1. The fourth-order valence-corrected chi connectivity index (χ4v) is 4.02. The third-order valence-corrected chi connectivity index (χ3v) is 5.26. The Hall–Kier alpha value is -2.57. The molecule has 1 aromatic carbocycles. The van der Waals surface area contributed by atoms with Crippen molar-refractivity contribution in [2.75, 3.05) is 0 Å². The number of halogens is 3. The van der Waals surface area contributed by atoms with E-state index in [0.29, 0.717) is 5.56 Å². The second-order valence-corrected chi connectivity index (χ2v) is 8.73. The van der Waals surface area contributed by atoms with Crippen LogP contribution in [0.2, 0.25) is 0 Å². The molecule has 1 heterocycles. The van der Waals surface area contributed by atoms with Crippen molar-refractivity contribution in [3.8, 4) is 11.1 Å². The Balaban J connectivity index is 1.90. The molecule has 3 rings (SSSR count). The summed E-state index contributed by atoms with van der Waals surface area (Å²) in [6.07, 6.45) is -1.19. The first kappa shape index (κ1) is 22.1. The third kappa shape index (κ3) is 5.12. The van der Waals surface area contributed by atoms with Crippen LogP contribution in [0.4, 0.5) is 18.0 Å². The van der Waals surface area contributed by atoms with Crippen LogP contribution in [0.1, 0.15) is 63.3 Å². The molecular formula is C23H27F3N2O2. The van der Waals surface area contributed by atoms with E-state index >= 15 is 0 Å². The quantitative estimate of drug-likeness (QED) is 0.653. The molecule has 1 N–H and O–H groups in total. The van der Waals surface area contributed by atoms with Crippen molar-refractivity contribution in [3.63, 3.8) is 0 Å². The number of benzene rings is 1. The fourth-order valence-electron chi connectivity index (χ4n) is 4.02. The molecule has 4 nitrogen and oxygen atoms in total. The van der Waals surface area contributed by atoms with Crippen LogP contribution < -0.4 is 5.32 Å². The van der Waals surface area contributed by atoms with E-state index in [1.54, 1.807) is 6.07 Å². The minimum absolute atomic E-state index is 0.0603. The number of carbonyl (C=O) groups excluding carboxylic acids is 1. The summed E-state index contributed by atoms with van der Waals surface area (Å²) < 4.78 is 44.7. The van der Waals surface area contributed by atoms with E-state index < -0.39 is 23.6 Å². The summed E-state index contributed by atoms with van der Waals surface area (Å²) in [5, 5.41) is 2.92. The van der Waals surface area contributed by atoms with Crippen LogP contribution >= 0.6 is 0 Å². The monoisotopic (exact) mass is 420 g/mol. The molecule has 0 radical (unpaired) electrons. The van der Waals surface area contributed by atoms with Crippen molar-refractivity contribution in [2.24, 2.45) is 0 Å². The van der Waals surface area contributed by atoms with Crippen LogP contribution in [0.25, 0.3) is 11.1 Å². The lowest BCUT2D eigenvalue weighted by Crippen LogP contribution is -2.41. The van der Waals surface area contributed by atoms with Gasteiger partial charge >= 0.3 is 12.3 Å². The third-order valence-electron chi connectivity index (χ3n) is 5.26. The van der Waals surface area contributed by atoms with Gasteiger partial charge in [-0.15, -0.1) is 0 Å². The maximum absolute atomic E-state index is 13.1. The van der Waals surface area contributed by atoms with Crippen molar-refractivity contribution in [2.45, 2.75) is 70.7 Å². The molecule has 7 heteroatoms. The van der Waals surface area contributed by atoms with Crippen LogP contribution in [-0.2, 0) is 17.3 Å². The van der Waals surface area contributed by atoms with Crippen LogP contribution in [0.15, 0.2) is 36.5 Å². The Morgan fingerprint density at radius 2 is 1.97 bits per heavy atom. The molecule has 1 amide bonds. The molecule has 2 atom stereocenters. The lowest BCUT2D eigenvalue weighted by Gasteiger charge is -2.32. The summed E-state index contributed by atoms with van der Waals surface area (Å²) in [6, 6.07) is 8.25. The van der Waals surface area contributed by atoms with Crippen LogP contribution in [0.3, 0.4) is 0 Å². The van der Waals surface area contributed by atoms with E-state index in [2.05, 4.69) is 10.3 Å². The summed E-state index contributed by atoms with van der Waals surface area (Å²) in [4.78, 5) is 15.7. The van der Waals surface area contributed by atoms with Crippen LogP contribution in [0, 0.1) is 0 Å². The first-order chi connectivity index (χ1) is 14.0. The highest BCUT2D eigenvalue weighted by Gasteiger charge is 2.33. The number of hydrogen-bond acceptors (Lipinski definition) is 3. The molecular weight excluding hydrogens is 393 g/mol. The van der Waals surface area contributed by atoms with Gasteiger partial charge in [0.25, 0.3) is 0 Å². The average Bonchev–Trinajstić information content (AvgIpc) is 2.64. The molecule has 2 aromatic rings. The van der Waals surface area contributed by atoms with Crippen molar-refractivity contribution in [1.29, 1.82) is 0 Å². The Morgan fingerprint density at radius 1 is 1.23 bits per heavy atom. The first-order valence-corrected chi connectivity index (χ1v) is 10.1. The Labute approximate surface area is 174 Å². The largest absolute Gasteiger partial charge is 0.444 e. The number of pyridine rings is 1. The summed E-state index contributed by atoms with van der Waals surface area (Å²) in [6.45, 7) is 7.36. The fraction of sp³-hybridized carbons (Fsp3) is 0.478. The van der Waals surface area contributed by atoms with Gasteiger partial charge in [-0.1, -0.05) is 18.2 Å². The molecule has 1 aliphatic rings. The van der Waals surface area contributed by atoms with Gasteiger partial charge in [0.2, 0.25) is 0 Å². The number of nitrogens with zero attached hydrogens (tertiary/aromatic N) is 1. The van der Waals surface area contributed by atoms with Crippen LogP contribution in [0.5, 0.6) is 0 Å².